The van der Waals surface area contributed by atoms with Crippen molar-refractivity contribution in [1.29, 1.82) is 0 Å². The molecule has 2 aromatic rings. The molecule has 0 aliphatic heterocycles. The van der Waals surface area contributed by atoms with Crippen LogP contribution in [-0.4, -0.2) is 22.1 Å². The number of nitrogens with one attached hydrogen (secondary N) is 1. The van der Waals surface area contributed by atoms with Gasteiger partial charge in [0.15, 0.2) is 0 Å². The highest BCUT2D eigenvalue weighted by Crippen LogP contribution is 2.23. The summed E-state index contributed by atoms with van der Waals surface area (Å²) in [6, 6.07) is 8.54. The molecule has 2 atom stereocenters. The fraction of sp³-hybridized carbons (Fsp3) is 0.654. The lowest BCUT2D eigenvalue weighted by Gasteiger charge is -2.25. The number of nitrogens with zero attached hydrogens (tertiary/aromatic N) is 2. The third-order valence-corrected chi connectivity index (χ3v) is 6.50. The van der Waals surface area contributed by atoms with E-state index in [0.29, 0.717) is 11.7 Å². The first-order chi connectivity index (χ1) is 15.7. The number of amides is 1. The zero-order chi connectivity index (χ0) is 22.6. The Balaban J connectivity index is 0.00000385. The van der Waals surface area contributed by atoms with E-state index in [4.69, 9.17) is 10.3 Å². The van der Waals surface area contributed by atoms with Crippen molar-refractivity contribution in [3.05, 3.63) is 35.7 Å². The number of hydrogen-bond donors (Lipinski definition) is 2. The van der Waals surface area contributed by atoms with Crippen LogP contribution in [0.15, 0.2) is 28.8 Å². The van der Waals surface area contributed by atoms with Crippen LogP contribution in [0.5, 0.6) is 0 Å². The first kappa shape index (κ1) is 27.3. The average Bonchev–Trinajstić information content (AvgIpc) is 3.29. The van der Waals surface area contributed by atoms with Crippen LogP contribution in [-0.2, 0) is 17.8 Å². The predicted octanol–water partition coefficient (Wildman–Crippen LogP) is 5.98. The second-order valence-corrected chi connectivity index (χ2v) is 9.27. The van der Waals surface area contributed by atoms with Crippen molar-refractivity contribution in [3.8, 4) is 11.4 Å². The van der Waals surface area contributed by atoms with E-state index in [1.54, 1.807) is 0 Å². The van der Waals surface area contributed by atoms with Gasteiger partial charge < -0.3 is 15.6 Å². The molecule has 1 heterocycles. The van der Waals surface area contributed by atoms with E-state index < -0.39 is 0 Å². The van der Waals surface area contributed by atoms with E-state index in [-0.39, 0.29) is 36.8 Å². The number of aromatic nitrogens is 2. The molecule has 1 aromatic carbocycles. The highest BCUT2D eigenvalue weighted by Gasteiger charge is 2.25. The Kier molecular flexibility index (Phi) is 12.5. The van der Waals surface area contributed by atoms with Crippen molar-refractivity contribution in [2.24, 2.45) is 11.7 Å². The molecule has 3 rings (SSSR count). The molecule has 1 fully saturated rings. The maximum absolute atomic E-state index is 12.4. The lowest BCUT2D eigenvalue weighted by Crippen LogP contribution is -2.37. The molecule has 1 amide bonds. The summed E-state index contributed by atoms with van der Waals surface area (Å²) in [6.07, 6.45) is 15.5. The molecule has 184 valence electrons. The lowest BCUT2D eigenvalue weighted by atomic mass is 9.85. The fourth-order valence-corrected chi connectivity index (χ4v) is 4.50. The Morgan fingerprint density at radius 2 is 1.76 bits per heavy atom. The first-order valence-corrected chi connectivity index (χ1v) is 12.6. The highest BCUT2D eigenvalue weighted by atomic mass is 35.5. The fourth-order valence-electron chi connectivity index (χ4n) is 4.50. The summed E-state index contributed by atoms with van der Waals surface area (Å²) in [4.78, 5) is 16.8. The molecule has 1 saturated carbocycles. The Morgan fingerprint density at radius 3 is 2.45 bits per heavy atom. The van der Waals surface area contributed by atoms with Gasteiger partial charge in [-0.25, -0.2) is 0 Å². The largest absolute Gasteiger partial charge is 0.347 e. The molecule has 1 aliphatic rings. The monoisotopic (exact) mass is 476 g/mol. The summed E-state index contributed by atoms with van der Waals surface area (Å²) in [5.41, 5.74) is 8.27. The van der Waals surface area contributed by atoms with E-state index in [0.717, 1.165) is 37.7 Å². The molecular weight excluding hydrogens is 436 g/mol. The number of halogens is 1. The van der Waals surface area contributed by atoms with Gasteiger partial charge >= 0.3 is 0 Å². The third-order valence-electron chi connectivity index (χ3n) is 6.50. The number of nitrogens with two attached hydrogens (primary N) is 1. The molecule has 33 heavy (non-hydrogen) atoms. The second kappa shape index (κ2) is 15.1. The number of rotatable bonds is 13. The number of carbonyl (C=O) groups is 1. The van der Waals surface area contributed by atoms with Gasteiger partial charge in [0.2, 0.25) is 17.6 Å². The molecule has 1 aromatic heterocycles. The van der Waals surface area contributed by atoms with Crippen LogP contribution in [0.3, 0.4) is 0 Å². The molecule has 0 spiro atoms. The Bertz CT molecular complexity index is 809. The Labute approximate surface area is 204 Å². The normalized spacial score (nSPS) is 18.0. The van der Waals surface area contributed by atoms with Crippen LogP contribution in [0.25, 0.3) is 11.4 Å². The van der Waals surface area contributed by atoms with Crippen molar-refractivity contribution in [2.75, 3.05) is 0 Å². The number of unbranched alkanes of at least 4 members (excludes halogenated alkanes) is 7. The number of hydrogen-bond acceptors (Lipinski definition) is 5. The standard InChI is InChI=1S/C26H40N4O2.ClH/c1-2-3-4-5-6-7-8-9-11-20-14-16-21(17-15-20)25-29-24(32-30-25)19-28-26(31)22-12-10-13-23(27)18-22;/h14-17,22-23H,2-13,18-19,27H2,1H3,(H,28,31);1H/t22-,23+;/m1./s1. The van der Waals surface area contributed by atoms with Crippen LogP contribution in [0.1, 0.15) is 95.4 Å². The van der Waals surface area contributed by atoms with E-state index in [2.05, 4.69) is 46.6 Å². The summed E-state index contributed by atoms with van der Waals surface area (Å²) in [5.74, 6) is 1.02. The smallest absolute Gasteiger partial charge is 0.246 e. The van der Waals surface area contributed by atoms with Gasteiger partial charge in [-0.3, -0.25) is 4.79 Å². The predicted molar refractivity (Wildman–Crippen MR) is 135 cm³/mol. The van der Waals surface area contributed by atoms with Crippen LogP contribution in [0.4, 0.5) is 0 Å². The van der Waals surface area contributed by atoms with Gasteiger partial charge in [-0.1, -0.05) is 87.7 Å². The molecule has 6 nitrogen and oxygen atoms in total. The molecule has 0 bridgehead atoms. The number of carbonyl (C=O) groups excluding carboxylic acids is 1. The first-order valence-electron chi connectivity index (χ1n) is 12.6. The summed E-state index contributed by atoms with van der Waals surface area (Å²) in [6.45, 7) is 2.52. The quantitative estimate of drug-likeness (QED) is 0.347. The van der Waals surface area contributed by atoms with Crippen LogP contribution >= 0.6 is 12.4 Å². The summed E-state index contributed by atoms with van der Waals surface area (Å²) in [5, 5.41) is 7.00. The summed E-state index contributed by atoms with van der Waals surface area (Å²) < 4.78 is 5.33. The second-order valence-electron chi connectivity index (χ2n) is 9.27. The van der Waals surface area contributed by atoms with Gasteiger partial charge in [0.25, 0.3) is 0 Å². The minimum absolute atomic E-state index is 0. The summed E-state index contributed by atoms with van der Waals surface area (Å²) >= 11 is 0. The molecule has 3 N–H and O–H groups in total. The lowest BCUT2D eigenvalue weighted by molar-refractivity contribution is -0.126. The van der Waals surface area contributed by atoms with E-state index in [9.17, 15) is 4.79 Å². The molecule has 0 unspecified atom stereocenters. The molecule has 7 heteroatoms. The van der Waals surface area contributed by atoms with Crippen molar-refractivity contribution in [3.63, 3.8) is 0 Å². The van der Waals surface area contributed by atoms with Gasteiger partial charge in [0.05, 0.1) is 6.54 Å². The maximum atomic E-state index is 12.4. The van der Waals surface area contributed by atoms with E-state index >= 15 is 0 Å². The minimum Gasteiger partial charge on any atom is -0.347 e. The Morgan fingerprint density at radius 1 is 1.06 bits per heavy atom. The van der Waals surface area contributed by atoms with Gasteiger partial charge in [-0.05, 0) is 37.7 Å². The number of benzene rings is 1. The zero-order valence-corrected chi connectivity index (χ0v) is 20.9. The molecule has 0 radical (unpaired) electrons. The van der Waals surface area contributed by atoms with Crippen molar-refractivity contribution in [1.82, 2.24) is 15.5 Å². The van der Waals surface area contributed by atoms with Gasteiger partial charge in [-0.2, -0.15) is 4.98 Å². The van der Waals surface area contributed by atoms with Gasteiger partial charge in [0.1, 0.15) is 0 Å². The molecule has 1 aliphatic carbocycles. The van der Waals surface area contributed by atoms with E-state index in [1.165, 1.54) is 56.9 Å². The number of aryl methyl sites for hydroxylation is 1. The topological polar surface area (TPSA) is 94.0 Å². The van der Waals surface area contributed by atoms with Crippen LogP contribution < -0.4 is 11.1 Å². The van der Waals surface area contributed by atoms with Gasteiger partial charge in [0, 0.05) is 17.5 Å². The van der Waals surface area contributed by atoms with Gasteiger partial charge in [-0.15, -0.1) is 12.4 Å². The average molecular weight is 477 g/mol. The zero-order valence-electron chi connectivity index (χ0n) is 20.1. The maximum Gasteiger partial charge on any atom is 0.246 e. The SMILES string of the molecule is CCCCCCCCCCc1ccc(-c2noc(CNC(=O)[C@@H]3CCC[C@H](N)C3)n2)cc1.Cl. The van der Waals surface area contributed by atoms with Crippen molar-refractivity contribution < 1.29 is 9.32 Å². The minimum atomic E-state index is -0.00487. The Hall–Kier alpha value is -1.92. The molecule has 0 saturated heterocycles. The molecular formula is C26H41ClN4O2. The van der Waals surface area contributed by atoms with Crippen molar-refractivity contribution >= 4 is 18.3 Å². The third kappa shape index (κ3) is 9.46. The van der Waals surface area contributed by atoms with E-state index in [1.807, 2.05) is 0 Å². The summed E-state index contributed by atoms with van der Waals surface area (Å²) in [7, 11) is 0. The highest BCUT2D eigenvalue weighted by molar-refractivity contribution is 5.85. The van der Waals surface area contributed by atoms with Crippen LogP contribution in [0, 0.1) is 5.92 Å². The van der Waals surface area contributed by atoms with Crippen LogP contribution in [0.2, 0.25) is 0 Å². The van der Waals surface area contributed by atoms with Crippen molar-refractivity contribution in [2.45, 2.75) is 103 Å².